The maximum atomic E-state index is 9.15. The van der Waals surface area contributed by atoms with Gasteiger partial charge in [-0.2, -0.15) is 5.26 Å². The molecule has 1 saturated heterocycles. The van der Waals surface area contributed by atoms with Crippen molar-refractivity contribution in [3.05, 3.63) is 17.8 Å². The molecule has 4 nitrogen and oxygen atoms in total. The van der Waals surface area contributed by atoms with Crippen molar-refractivity contribution in [2.75, 3.05) is 23.7 Å². The van der Waals surface area contributed by atoms with E-state index in [1.165, 1.54) is 6.42 Å². The van der Waals surface area contributed by atoms with Crippen LogP contribution in [-0.4, -0.2) is 18.1 Å². The number of hydrogen-bond acceptors (Lipinski definition) is 4. The lowest BCUT2D eigenvalue weighted by Gasteiger charge is -2.39. The van der Waals surface area contributed by atoms with Crippen LogP contribution in [0, 0.1) is 16.7 Å². The highest BCUT2D eigenvalue weighted by Crippen LogP contribution is 2.35. The molecule has 1 aliphatic rings. The summed E-state index contributed by atoms with van der Waals surface area (Å²) in [4.78, 5) is 6.53. The van der Waals surface area contributed by atoms with Gasteiger partial charge < -0.3 is 10.6 Å². The Kier molecular flexibility index (Phi) is 3.42. The SMILES string of the molecule is CCC1(C)CCN(c2ncc(N)cc2C#N)CC1. The fourth-order valence-corrected chi connectivity index (χ4v) is 2.42. The Labute approximate surface area is 108 Å². The summed E-state index contributed by atoms with van der Waals surface area (Å²) in [5.74, 6) is 0.782. The first kappa shape index (κ1) is 12.7. The Bertz CT molecular complexity index is 467. The number of nitrogen functional groups attached to an aromatic ring is 1. The monoisotopic (exact) mass is 244 g/mol. The van der Waals surface area contributed by atoms with Gasteiger partial charge in [-0.25, -0.2) is 4.98 Å². The topological polar surface area (TPSA) is 65.9 Å². The van der Waals surface area contributed by atoms with Gasteiger partial charge in [-0.05, 0) is 24.3 Å². The van der Waals surface area contributed by atoms with E-state index >= 15 is 0 Å². The number of rotatable bonds is 2. The maximum absolute atomic E-state index is 9.15. The quantitative estimate of drug-likeness (QED) is 0.868. The zero-order chi connectivity index (χ0) is 13.2. The number of nitriles is 1. The molecular weight excluding hydrogens is 224 g/mol. The second kappa shape index (κ2) is 4.85. The van der Waals surface area contributed by atoms with Gasteiger partial charge in [-0.1, -0.05) is 20.3 Å². The van der Waals surface area contributed by atoms with Crippen LogP contribution in [0.4, 0.5) is 11.5 Å². The van der Waals surface area contributed by atoms with Gasteiger partial charge in [-0.15, -0.1) is 0 Å². The summed E-state index contributed by atoms with van der Waals surface area (Å²) >= 11 is 0. The normalized spacial score (nSPS) is 18.4. The van der Waals surface area contributed by atoms with Crippen molar-refractivity contribution in [3.63, 3.8) is 0 Å². The van der Waals surface area contributed by atoms with E-state index in [9.17, 15) is 0 Å². The maximum Gasteiger partial charge on any atom is 0.146 e. The van der Waals surface area contributed by atoms with Crippen LogP contribution in [-0.2, 0) is 0 Å². The molecule has 1 aromatic heterocycles. The van der Waals surface area contributed by atoms with Gasteiger partial charge in [0, 0.05) is 13.1 Å². The van der Waals surface area contributed by atoms with Crippen molar-refractivity contribution in [2.24, 2.45) is 5.41 Å². The first-order chi connectivity index (χ1) is 8.58. The van der Waals surface area contributed by atoms with E-state index in [1.54, 1.807) is 12.3 Å². The van der Waals surface area contributed by atoms with E-state index in [1.807, 2.05) is 0 Å². The molecule has 0 atom stereocenters. The van der Waals surface area contributed by atoms with Crippen LogP contribution in [0.2, 0.25) is 0 Å². The summed E-state index contributed by atoms with van der Waals surface area (Å²) in [6.07, 6.45) is 5.14. The lowest BCUT2D eigenvalue weighted by atomic mass is 9.78. The van der Waals surface area contributed by atoms with Crippen molar-refractivity contribution in [3.8, 4) is 6.07 Å². The molecule has 0 unspecified atom stereocenters. The molecule has 1 aromatic rings. The van der Waals surface area contributed by atoms with Gasteiger partial charge in [0.25, 0.3) is 0 Å². The summed E-state index contributed by atoms with van der Waals surface area (Å²) < 4.78 is 0. The molecule has 0 saturated carbocycles. The number of hydrogen-bond donors (Lipinski definition) is 1. The summed E-state index contributed by atoms with van der Waals surface area (Å²) in [5.41, 5.74) is 7.23. The molecule has 2 heterocycles. The van der Waals surface area contributed by atoms with Gasteiger partial charge in [0.2, 0.25) is 0 Å². The van der Waals surface area contributed by atoms with Crippen LogP contribution < -0.4 is 10.6 Å². The number of nitrogens with two attached hydrogens (primary N) is 1. The molecule has 1 aliphatic heterocycles. The molecular formula is C14H20N4. The number of pyridine rings is 1. The second-order valence-electron chi connectivity index (χ2n) is 5.40. The highest BCUT2D eigenvalue weighted by molar-refractivity contribution is 5.59. The number of aromatic nitrogens is 1. The van der Waals surface area contributed by atoms with Crippen LogP contribution in [0.1, 0.15) is 38.7 Å². The van der Waals surface area contributed by atoms with Crippen molar-refractivity contribution < 1.29 is 0 Å². The van der Waals surface area contributed by atoms with Crippen LogP contribution in [0.15, 0.2) is 12.3 Å². The Morgan fingerprint density at radius 1 is 1.50 bits per heavy atom. The lowest BCUT2D eigenvalue weighted by Crippen LogP contribution is -2.39. The Balaban J connectivity index is 2.18. The van der Waals surface area contributed by atoms with E-state index in [4.69, 9.17) is 11.0 Å². The Morgan fingerprint density at radius 3 is 2.72 bits per heavy atom. The molecule has 0 spiro atoms. The molecule has 1 fully saturated rings. The minimum atomic E-state index is 0.442. The molecule has 0 bridgehead atoms. The fraction of sp³-hybridized carbons (Fsp3) is 0.571. The van der Waals surface area contributed by atoms with Gasteiger partial charge >= 0.3 is 0 Å². The molecule has 0 amide bonds. The standard InChI is InChI=1S/C14H20N4/c1-3-14(2)4-6-18(7-5-14)13-11(9-15)8-12(16)10-17-13/h8,10H,3-7,16H2,1-2H3. The summed E-state index contributed by atoms with van der Waals surface area (Å²) in [7, 11) is 0. The zero-order valence-electron chi connectivity index (χ0n) is 11.1. The van der Waals surface area contributed by atoms with Gasteiger partial charge in [-0.3, -0.25) is 0 Å². The van der Waals surface area contributed by atoms with Crippen molar-refractivity contribution in [1.82, 2.24) is 4.98 Å². The minimum absolute atomic E-state index is 0.442. The third kappa shape index (κ3) is 2.40. The predicted octanol–water partition coefficient (Wildman–Crippen LogP) is 2.55. The molecule has 0 radical (unpaired) electrons. The van der Waals surface area contributed by atoms with Gasteiger partial charge in [0.1, 0.15) is 11.9 Å². The van der Waals surface area contributed by atoms with E-state index < -0.39 is 0 Å². The first-order valence-corrected chi connectivity index (χ1v) is 6.48. The highest BCUT2D eigenvalue weighted by atomic mass is 15.2. The smallest absolute Gasteiger partial charge is 0.146 e. The molecule has 2 N–H and O–H groups in total. The number of anilines is 2. The van der Waals surface area contributed by atoms with Crippen LogP contribution >= 0.6 is 0 Å². The van der Waals surface area contributed by atoms with Crippen LogP contribution in [0.3, 0.4) is 0 Å². The first-order valence-electron chi connectivity index (χ1n) is 6.48. The lowest BCUT2D eigenvalue weighted by molar-refractivity contribution is 0.238. The molecule has 2 rings (SSSR count). The fourth-order valence-electron chi connectivity index (χ4n) is 2.42. The van der Waals surface area contributed by atoms with Crippen LogP contribution in [0.5, 0.6) is 0 Å². The summed E-state index contributed by atoms with van der Waals surface area (Å²) in [6.45, 7) is 6.52. The Morgan fingerprint density at radius 2 is 2.17 bits per heavy atom. The average Bonchev–Trinajstić information content (AvgIpc) is 2.40. The minimum Gasteiger partial charge on any atom is -0.397 e. The van der Waals surface area contributed by atoms with Gasteiger partial charge in [0.15, 0.2) is 0 Å². The highest BCUT2D eigenvalue weighted by Gasteiger charge is 2.29. The molecule has 96 valence electrons. The number of nitrogens with zero attached hydrogens (tertiary/aromatic N) is 3. The zero-order valence-corrected chi connectivity index (χ0v) is 11.1. The molecule has 0 aromatic carbocycles. The van der Waals surface area contributed by atoms with E-state index in [2.05, 4.69) is 29.8 Å². The van der Waals surface area contributed by atoms with Crippen molar-refractivity contribution >= 4 is 11.5 Å². The van der Waals surface area contributed by atoms with Gasteiger partial charge in [0.05, 0.1) is 17.4 Å². The second-order valence-corrected chi connectivity index (χ2v) is 5.40. The third-order valence-electron chi connectivity index (χ3n) is 4.13. The Hall–Kier alpha value is -1.76. The molecule has 18 heavy (non-hydrogen) atoms. The van der Waals surface area contributed by atoms with Crippen molar-refractivity contribution in [1.29, 1.82) is 5.26 Å². The van der Waals surface area contributed by atoms with E-state index in [-0.39, 0.29) is 0 Å². The molecule has 4 heteroatoms. The summed E-state index contributed by atoms with van der Waals surface area (Å²) in [5, 5.41) is 9.15. The predicted molar refractivity (Wildman–Crippen MR) is 73.2 cm³/mol. The average molecular weight is 244 g/mol. The summed E-state index contributed by atoms with van der Waals surface area (Å²) in [6, 6.07) is 3.89. The number of piperidine rings is 1. The third-order valence-corrected chi connectivity index (χ3v) is 4.13. The van der Waals surface area contributed by atoms with Crippen LogP contribution in [0.25, 0.3) is 0 Å². The largest absolute Gasteiger partial charge is 0.397 e. The van der Waals surface area contributed by atoms with Crippen molar-refractivity contribution in [2.45, 2.75) is 33.1 Å². The van der Waals surface area contributed by atoms with E-state index in [0.29, 0.717) is 16.7 Å². The van der Waals surface area contributed by atoms with E-state index in [0.717, 1.165) is 31.7 Å². The molecule has 0 aliphatic carbocycles.